The number of H-pyrrole nitrogens is 2. The number of aromatic nitrogens is 5. The number of rotatable bonds is 3. The molecule has 1 aromatic carbocycles. The van der Waals surface area contributed by atoms with Crippen LogP contribution in [0.1, 0.15) is 24.5 Å². The van der Waals surface area contributed by atoms with Crippen molar-refractivity contribution < 1.29 is 9.50 Å². The Hall–Kier alpha value is -3.78. The summed E-state index contributed by atoms with van der Waals surface area (Å²) in [5.41, 5.74) is 6.42. The zero-order valence-electron chi connectivity index (χ0n) is 17.2. The van der Waals surface area contributed by atoms with Crippen LogP contribution in [0, 0.1) is 5.82 Å². The molecular formula is C24H21FN6O. The van der Waals surface area contributed by atoms with Crippen LogP contribution >= 0.6 is 0 Å². The van der Waals surface area contributed by atoms with Crippen molar-refractivity contribution in [3.05, 3.63) is 60.3 Å². The highest BCUT2D eigenvalue weighted by atomic mass is 19.1. The number of benzene rings is 1. The van der Waals surface area contributed by atoms with Crippen LogP contribution in [0.15, 0.2) is 48.8 Å². The van der Waals surface area contributed by atoms with Gasteiger partial charge in [-0.2, -0.15) is 5.10 Å². The molecule has 0 saturated carbocycles. The maximum atomic E-state index is 13.9. The minimum atomic E-state index is -0.499. The minimum absolute atomic E-state index is 0.124. The number of aromatic hydroxyl groups is 1. The summed E-state index contributed by atoms with van der Waals surface area (Å²) in [7, 11) is 0. The molecule has 1 saturated heterocycles. The molecule has 1 fully saturated rings. The normalized spacial score (nSPS) is 15.0. The van der Waals surface area contributed by atoms with Crippen LogP contribution in [0.4, 0.5) is 4.39 Å². The molecule has 160 valence electrons. The molecule has 1 aliphatic heterocycles. The van der Waals surface area contributed by atoms with Crippen molar-refractivity contribution in [3.8, 4) is 28.3 Å². The molecule has 4 N–H and O–H groups in total. The third-order valence-electron chi connectivity index (χ3n) is 6.18. The molecule has 0 unspecified atom stereocenters. The fraction of sp³-hybridized carbons (Fsp3) is 0.208. The van der Waals surface area contributed by atoms with Gasteiger partial charge in [0.2, 0.25) is 0 Å². The summed E-state index contributed by atoms with van der Waals surface area (Å²) in [5, 5.41) is 21.7. The van der Waals surface area contributed by atoms with Gasteiger partial charge in [0.15, 0.2) is 0 Å². The van der Waals surface area contributed by atoms with Crippen molar-refractivity contribution in [3.63, 3.8) is 0 Å². The number of pyridine rings is 2. The van der Waals surface area contributed by atoms with Gasteiger partial charge in [0, 0.05) is 34.8 Å². The van der Waals surface area contributed by atoms with Gasteiger partial charge in [-0.15, -0.1) is 0 Å². The van der Waals surface area contributed by atoms with Crippen LogP contribution in [0.5, 0.6) is 5.75 Å². The monoisotopic (exact) mass is 428 g/mol. The molecule has 4 aromatic heterocycles. The van der Waals surface area contributed by atoms with Gasteiger partial charge in [-0.1, -0.05) is 0 Å². The molecule has 5 aromatic rings. The Balaban J connectivity index is 1.47. The molecule has 7 nitrogen and oxygen atoms in total. The number of phenolic OH excluding ortho intramolecular Hbond substituents is 1. The van der Waals surface area contributed by atoms with E-state index in [-0.39, 0.29) is 5.75 Å². The molecule has 0 atom stereocenters. The molecular weight excluding hydrogens is 407 g/mol. The van der Waals surface area contributed by atoms with E-state index < -0.39 is 5.82 Å². The van der Waals surface area contributed by atoms with E-state index in [1.165, 1.54) is 12.1 Å². The van der Waals surface area contributed by atoms with Gasteiger partial charge in [0.05, 0.1) is 22.9 Å². The minimum Gasteiger partial charge on any atom is -0.508 e. The van der Waals surface area contributed by atoms with E-state index in [1.807, 2.05) is 12.1 Å². The third kappa shape index (κ3) is 3.20. The summed E-state index contributed by atoms with van der Waals surface area (Å²) in [6, 6.07) is 10.1. The van der Waals surface area contributed by atoms with Crippen molar-refractivity contribution >= 4 is 21.9 Å². The molecule has 5 heterocycles. The predicted molar refractivity (Wildman–Crippen MR) is 121 cm³/mol. The Morgan fingerprint density at radius 2 is 1.88 bits per heavy atom. The third-order valence-corrected chi connectivity index (χ3v) is 6.18. The van der Waals surface area contributed by atoms with Gasteiger partial charge in [0.1, 0.15) is 22.8 Å². The lowest BCUT2D eigenvalue weighted by Crippen LogP contribution is -2.27. The Morgan fingerprint density at radius 1 is 1.00 bits per heavy atom. The van der Waals surface area contributed by atoms with Crippen molar-refractivity contribution in [1.29, 1.82) is 0 Å². The van der Waals surface area contributed by atoms with Crippen LogP contribution in [0.25, 0.3) is 44.5 Å². The number of nitrogens with one attached hydrogen (secondary N) is 3. The SMILES string of the molecule is Oc1cc(F)cc(-c2cncc3[nH]c(-c4n[nH]c5ccc(C6CCNCC6)nc45)cc23)c1. The highest BCUT2D eigenvalue weighted by Gasteiger charge is 2.20. The molecule has 1 aliphatic rings. The first kappa shape index (κ1) is 18.9. The standard InChI is InChI=1S/C24H21FN6O/c25-15-7-14(8-16(32)9-15)18-11-27-12-22-17(18)10-21(28-22)24-23-20(30-31-24)2-1-19(29-23)13-3-5-26-6-4-13/h1-2,7-13,26,28,32H,3-6H2,(H,30,31). The van der Waals surface area contributed by atoms with E-state index in [0.717, 1.165) is 76.6 Å². The molecule has 0 aliphatic carbocycles. The fourth-order valence-corrected chi connectivity index (χ4v) is 4.59. The van der Waals surface area contributed by atoms with E-state index in [0.29, 0.717) is 11.5 Å². The highest BCUT2D eigenvalue weighted by molar-refractivity contribution is 5.99. The van der Waals surface area contributed by atoms with Gasteiger partial charge in [-0.25, -0.2) is 9.37 Å². The van der Waals surface area contributed by atoms with Crippen LogP contribution in [-0.2, 0) is 0 Å². The van der Waals surface area contributed by atoms with Crippen LogP contribution in [0.3, 0.4) is 0 Å². The zero-order valence-corrected chi connectivity index (χ0v) is 17.2. The molecule has 0 amide bonds. The topological polar surface area (TPSA) is 103 Å². The number of fused-ring (bicyclic) bond motifs is 2. The van der Waals surface area contributed by atoms with E-state index in [2.05, 4.69) is 31.5 Å². The first-order valence-corrected chi connectivity index (χ1v) is 10.7. The lowest BCUT2D eigenvalue weighted by Gasteiger charge is -2.22. The van der Waals surface area contributed by atoms with Crippen molar-refractivity contribution in [2.24, 2.45) is 0 Å². The number of hydrogen-bond donors (Lipinski definition) is 4. The number of halogens is 1. The largest absolute Gasteiger partial charge is 0.508 e. The summed E-state index contributed by atoms with van der Waals surface area (Å²) >= 11 is 0. The molecule has 0 radical (unpaired) electrons. The Labute approximate surface area is 182 Å². The summed E-state index contributed by atoms with van der Waals surface area (Å²) in [4.78, 5) is 12.6. The quantitative estimate of drug-likeness (QED) is 0.339. The molecule has 0 spiro atoms. The van der Waals surface area contributed by atoms with Crippen molar-refractivity contribution in [2.75, 3.05) is 13.1 Å². The summed E-state index contributed by atoms with van der Waals surface area (Å²) in [6.45, 7) is 2.02. The summed E-state index contributed by atoms with van der Waals surface area (Å²) < 4.78 is 13.9. The van der Waals surface area contributed by atoms with E-state index in [4.69, 9.17) is 4.98 Å². The number of phenols is 1. The molecule has 0 bridgehead atoms. The van der Waals surface area contributed by atoms with E-state index in [9.17, 15) is 9.50 Å². The predicted octanol–water partition coefficient (Wildman–Crippen LogP) is 4.48. The van der Waals surface area contributed by atoms with Crippen LogP contribution < -0.4 is 5.32 Å². The first-order chi connectivity index (χ1) is 15.7. The second-order valence-corrected chi connectivity index (χ2v) is 8.26. The number of aromatic amines is 2. The van der Waals surface area contributed by atoms with Gasteiger partial charge >= 0.3 is 0 Å². The van der Waals surface area contributed by atoms with Crippen molar-refractivity contribution in [2.45, 2.75) is 18.8 Å². The molecule has 32 heavy (non-hydrogen) atoms. The zero-order chi connectivity index (χ0) is 21.7. The maximum Gasteiger partial charge on any atom is 0.135 e. The fourth-order valence-electron chi connectivity index (χ4n) is 4.59. The molecule has 6 rings (SSSR count). The van der Waals surface area contributed by atoms with Gasteiger partial charge in [-0.3, -0.25) is 10.1 Å². The second-order valence-electron chi connectivity index (χ2n) is 8.26. The average Bonchev–Trinajstić information content (AvgIpc) is 3.42. The van der Waals surface area contributed by atoms with Gasteiger partial charge in [0.25, 0.3) is 0 Å². The Morgan fingerprint density at radius 3 is 2.72 bits per heavy atom. The smallest absolute Gasteiger partial charge is 0.135 e. The molecule has 8 heteroatoms. The first-order valence-electron chi connectivity index (χ1n) is 10.7. The highest BCUT2D eigenvalue weighted by Crippen LogP contribution is 2.35. The number of hydrogen-bond acceptors (Lipinski definition) is 5. The van der Waals surface area contributed by atoms with E-state index >= 15 is 0 Å². The average molecular weight is 428 g/mol. The van der Waals surface area contributed by atoms with E-state index in [1.54, 1.807) is 12.4 Å². The Kier molecular flexibility index (Phi) is 4.39. The van der Waals surface area contributed by atoms with Gasteiger partial charge < -0.3 is 15.4 Å². The number of nitrogens with zero attached hydrogens (tertiary/aromatic N) is 3. The van der Waals surface area contributed by atoms with Crippen LogP contribution in [0.2, 0.25) is 0 Å². The van der Waals surface area contributed by atoms with Crippen LogP contribution in [-0.4, -0.2) is 43.3 Å². The lowest BCUT2D eigenvalue weighted by molar-refractivity contribution is 0.454. The second kappa shape index (κ2) is 7.42. The maximum absolute atomic E-state index is 13.9. The lowest BCUT2D eigenvalue weighted by atomic mass is 9.94. The van der Waals surface area contributed by atoms with Gasteiger partial charge in [-0.05, 0) is 61.8 Å². The summed E-state index contributed by atoms with van der Waals surface area (Å²) in [5.74, 6) is -0.177. The number of piperidine rings is 1. The summed E-state index contributed by atoms with van der Waals surface area (Å²) in [6.07, 6.45) is 5.55. The Bertz CT molecular complexity index is 1430. The van der Waals surface area contributed by atoms with Crippen molar-refractivity contribution in [1.82, 2.24) is 30.5 Å².